The van der Waals surface area contributed by atoms with Crippen LogP contribution in [-0.2, 0) is 9.59 Å². The van der Waals surface area contributed by atoms with Crippen molar-refractivity contribution < 1.29 is 14.1 Å². The van der Waals surface area contributed by atoms with Gasteiger partial charge in [0.25, 0.3) is 0 Å². The molecule has 0 bridgehead atoms. The molecule has 2 aromatic carbocycles. The number of amides is 2. The summed E-state index contributed by atoms with van der Waals surface area (Å²) >= 11 is 8.95. The highest BCUT2D eigenvalue weighted by molar-refractivity contribution is 8.00. The summed E-state index contributed by atoms with van der Waals surface area (Å²) < 4.78 is 4.88. The molecule has 0 saturated heterocycles. The fraction of sp³-hybridized carbons (Fsp3) is 0.150. The molecule has 29 heavy (non-hydrogen) atoms. The fourth-order valence-corrected chi connectivity index (χ4v) is 4.01. The summed E-state index contributed by atoms with van der Waals surface area (Å²) in [5.41, 5.74) is 0.696. The highest BCUT2D eigenvalue weighted by Crippen LogP contribution is 2.33. The molecule has 2 N–H and O–H groups in total. The van der Waals surface area contributed by atoms with Crippen LogP contribution < -0.4 is 10.6 Å². The summed E-state index contributed by atoms with van der Waals surface area (Å²) in [5, 5.41) is 9.82. The Labute approximate surface area is 181 Å². The van der Waals surface area contributed by atoms with Crippen molar-refractivity contribution in [3.05, 3.63) is 65.4 Å². The second-order valence-electron chi connectivity index (χ2n) is 5.97. The minimum atomic E-state index is -0.239. The number of hydrogen-bond donors (Lipinski definition) is 2. The number of hydrogen-bond acceptors (Lipinski definition) is 6. The maximum absolute atomic E-state index is 12.1. The van der Waals surface area contributed by atoms with Crippen molar-refractivity contribution in [2.75, 3.05) is 22.1 Å². The molecule has 150 valence electrons. The molecule has 0 aliphatic carbocycles. The van der Waals surface area contributed by atoms with Gasteiger partial charge in [-0.05, 0) is 43.3 Å². The molecule has 0 atom stereocenters. The van der Waals surface area contributed by atoms with Crippen LogP contribution in [-0.4, -0.2) is 28.5 Å². The predicted molar refractivity (Wildman–Crippen MR) is 118 cm³/mol. The van der Waals surface area contributed by atoms with E-state index in [1.807, 2.05) is 48.5 Å². The molecule has 3 aromatic rings. The molecule has 3 rings (SSSR count). The van der Waals surface area contributed by atoms with Crippen LogP contribution in [0.15, 0.2) is 68.9 Å². The molecule has 0 saturated carbocycles. The van der Waals surface area contributed by atoms with Gasteiger partial charge in [0.1, 0.15) is 5.76 Å². The van der Waals surface area contributed by atoms with Crippen molar-refractivity contribution in [2.24, 2.45) is 0 Å². The van der Waals surface area contributed by atoms with E-state index in [2.05, 4.69) is 15.8 Å². The summed E-state index contributed by atoms with van der Waals surface area (Å²) in [5.74, 6) is 0.883. The van der Waals surface area contributed by atoms with E-state index in [-0.39, 0.29) is 23.3 Å². The van der Waals surface area contributed by atoms with Gasteiger partial charge in [0.2, 0.25) is 11.8 Å². The number of benzene rings is 2. The third-order valence-electron chi connectivity index (χ3n) is 3.56. The van der Waals surface area contributed by atoms with E-state index in [4.69, 9.17) is 16.1 Å². The SMILES string of the molecule is Cc1cc(NC(=O)CSCC(=O)Nc2ccc(Sc3ccccc3Cl)cc2)no1. The van der Waals surface area contributed by atoms with Gasteiger partial charge in [0.05, 0.1) is 16.5 Å². The van der Waals surface area contributed by atoms with Gasteiger partial charge < -0.3 is 15.2 Å². The lowest BCUT2D eigenvalue weighted by Gasteiger charge is -2.07. The summed E-state index contributed by atoms with van der Waals surface area (Å²) in [4.78, 5) is 25.9. The Morgan fingerprint density at radius 2 is 1.72 bits per heavy atom. The van der Waals surface area contributed by atoms with Gasteiger partial charge in [-0.3, -0.25) is 9.59 Å². The zero-order chi connectivity index (χ0) is 20.6. The molecule has 9 heteroatoms. The van der Waals surface area contributed by atoms with Crippen LogP contribution in [0.25, 0.3) is 0 Å². The minimum Gasteiger partial charge on any atom is -0.360 e. The molecule has 0 fully saturated rings. The Bertz CT molecular complexity index is 993. The first-order valence-electron chi connectivity index (χ1n) is 8.63. The molecule has 0 radical (unpaired) electrons. The summed E-state index contributed by atoms with van der Waals surface area (Å²) in [6.07, 6.45) is 0. The van der Waals surface area contributed by atoms with Crippen molar-refractivity contribution in [3.8, 4) is 0 Å². The Morgan fingerprint density at radius 3 is 2.38 bits per heavy atom. The number of anilines is 2. The van der Waals surface area contributed by atoms with Crippen molar-refractivity contribution in [1.29, 1.82) is 0 Å². The van der Waals surface area contributed by atoms with Gasteiger partial charge in [-0.25, -0.2) is 0 Å². The monoisotopic (exact) mass is 447 g/mol. The summed E-state index contributed by atoms with van der Waals surface area (Å²) in [6.45, 7) is 1.74. The van der Waals surface area contributed by atoms with Crippen molar-refractivity contribution in [3.63, 3.8) is 0 Å². The zero-order valence-corrected chi connectivity index (χ0v) is 17.9. The molecule has 1 aromatic heterocycles. The number of halogens is 1. The number of carbonyl (C=O) groups is 2. The Kier molecular flexibility index (Phi) is 7.62. The fourth-order valence-electron chi connectivity index (χ4n) is 2.30. The molecule has 6 nitrogen and oxygen atoms in total. The lowest BCUT2D eigenvalue weighted by molar-refractivity contribution is -0.114. The number of aryl methyl sites for hydroxylation is 1. The normalized spacial score (nSPS) is 10.6. The maximum atomic E-state index is 12.1. The summed E-state index contributed by atoms with van der Waals surface area (Å²) in [7, 11) is 0. The zero-order valence-electron chi connectivity index (χ0n) is 15.5. The first-order valence-corrected chi connectivity index (χ1v) is 11.0. The first kappa shape index (κ1) is 21.3. The molecule has 0 spiro atoms. The average Bonchev–Trinajstić information content (AvgIpc) is 3.09. The number of aromatic nitrogens is 1. The lowest BCUT2D eigenvalue weighted by atomic mass is 10.3. The number of thioether (sulfide) groups is 1. The smallest absolute Gasteiger partial charge is 0.235 e. The second-order valence-corrected chi connectivity index (χ2v) is 8.48. The number of rotatable bonds is 8. The van der Waals surface area contributed by atoms with E-state index in [1.54, 1.807) is 24.8 Å². The van der Waals surface area contributed by atoms with Gasteiger partial charge in [0, 0.05) is 21.5 Å². The predicted octanol–water partition coefficient (Wildman–Crippen LogP) is 5.10. The van der Waals surface area contributed by atoms with E-state index in [1.165, 1.54) is 11.8 Å². The topological polar surface area (TPSA) is 84.2 Å². The Balaban J connectivity index is 1.41. The van der Waals surface area contributed by atoms with Crippen LogP contribution in [0.4, 0.5) is 11.5 Å². The number of nitrogens with zero attached hydrogens (tertiary/aromatic N) is 1. The Morgan fingerprint density at radius 1 is 1.03 bits per heavy atom. The van der Waals surface area contributed by atoms with Crippen LogP contribution in [0.2, 0.25) is 5.02 Å². The van der Waals surface area contributed by atoms with Crippen LogP contribution in [0.1, 0.15) is 5.76 Å². The largest absolute Gasteiger partial charge is 0.360 e. The molecule has 2 amide bonds. The molecule has 0 aliphatic rings. The third-order valence-corrected chi connectivity index (χ3v) is 6.02. The summed E-state index contributed by atoms with van der Waals surface area (Å²) in [6, 6.07) is 16.8. The standard InChI is InChI=1S/C20H18ClN3O3S2/c1-13-10-18(24-27-13)23-20(26)12-28-11-19(25)22-14-6-8-15(9-7-14)29-17-5-3-2-4-16(17)21/h2-10H,11-12H2,1H3,(H,22,25)(H,23,24,26). The van der Waals surface area contributed by atoms with Crippen LogP contribution >= 0.6 is 35.1 Å². The van der Waals surface area contributed by atoms with Crippen molar-refractivity contribution in [2.45, 2.75) is 16.7 Å². The van der Waals surface area contributed by atoms with Gasteiger partial charge in [-0.1, -0.05) is 40.7 Å². The Hall–Kier alpha value is -2.42. The van der Waals surface area contributed by atoms with Gasteiger partial charge in [0.15, 0.2) is 5.82 Å². The van der Waals surface area contributed by atoms with E-state index in [9.17, 15) is 9.59 Å². The molecular weight excluding hydrogens is 430 g/mol. The van der Waals surface area contributed by atoms with Gasteiger partial charge in [-0.15, -0.1) is 11.8 Å². The van der Waals surface area contributed by atoms with E-state index in [0.29, 0.717) is 22.3 Å². The molecule has 0 aliphatic heterocycles. The third kappa shape index (κ3) is 6.85. The van der Waals surface area contributed by atoms with Gasteiger partial charge in [-0.2, -0.15) is 0 Å². The average molecular weight is 448 g/mol. The highest BCUT2D eigenvalue weighted by atomic mass is 35.5. The van der Waals surface area contributed by atoms with Crippen LogP contribution in [0.5, 0.6) is 0 Å². The van der Waals surface area contributed by atoms with E-state index >= 15 is 0 Å². The molecule has 1 heterocycles. The van der Waals surface area contributed by atoms with E-state index in [0.717, 1.165) is 9.79 Å². The molecule has 0 unspecified atom stereocenters. The van der Waals surface area contributed by atoms with Crippen LogP contribution in [0, 0.1) is 6.92 Å². The van der Waals surface area contributed by atoms with Gasteiger partial charge >= 0.3 is 0 Å². The second kappa shape index (κ2) is 10.4. The quantitative estimate of drug-likeness (QED) is 0.499. The lowest BCUT2D eigenvalue weighted by Crippen LogP contribution is -2.18. The number of nitrogens with one attached hydrogen (secondary N) is 2. The highest BCUT2D eigenvalue weighted by Gasteiger charge is 2.09. The number of carbonyl (C=O) groups excluding carboxylic acids is 2. The first-order chi connectivity index (χ1) is 14.0. The maximum Gasteiger partial charge on any atom is 0.235 e. The minimum absolute atomic E-state index is 0.146. The molecular formula is C20H18ClN3O3S2. The van der Waals surface area contributed by atoms with Crippen LogP contribution in [0.3, 0.4) is 0 Å². The van der Waals surface area contributed by atoms with Crippen molar-refractivity contribution in [1.82, 2.24) is 5.16 Å². The van der Waals surface area contributed by atoms with E-state index < -0.39 is 0 Å². The van der Waals surface area contributed by atoms with Crippen molar-refractivity contribution >= 4 is 58.4 Å².